The fraction of sp³-hybridized carbons (Fsp3) is 0.381. The van der Waals surface area contributed by atoms with E-state index in [0.29, 0.717) is 29.2 Å². The largest absolute Gasteiger partial charge is 0.354 e. The quantitative estimate of drug-likeness (QED) is 0.747. The summed E-state index contributed by atoms with van der Waals surface area (Å²) in [5.74, 6) is -0.0950. The molecule has 2 aromatic rings. The third-order valence-corrected chi connectivity index (χ3v) is 5.25. The number of hydrogen-bond donors (Lipinski definition) is 2. The average molecular weight is 401 g/mol. The molecule has 1 amide bonds. The minimum Gasteiger partial charge on any atom is -0.354 e. The van der Waals surface area contributed by atoms with Gasteiger partial charge in [0.15, 0.2) is 0 Å². The number of benzene rings is 1. The number of carbonyl (C=O) groups is 1. The molecule has 1 unspecified atom stereocenters. The van der Waals surface area contributed by atoms with Crippen LogP contribution in [0, 0.1) is 25.2 Å². The normalized spacial score (nSPS) is 11.9. The van der Waals surface area contributed by atoms with Crippen LogP contribution in [-0.2, 0) is 11.2 Å². The van der Waals surface area contributed by atoms with Crippen molar-refractivity contribution in [2.24, 2.45) is 0 Å². The molecule has 2 rings (SSSR count). The van der Waals surface area contributed by atoms with E-state index >= 15 is 0 Å². The Balaban J connectivity index is 2.04. The van der Waals surface area contributed by atoms with Gasteiger partial charge >= 0.3 is 0 Å². The molecule has 0 spiro atoms. The predicted octanol–water partition coefficient (Wildman–Crippen LogP) is 2.87. The van der Waals surface area contributed by atoms with Crippen molar-refractivity contribution in [3.05, 3.63) is 67.6 Å². The van der Waals surface area contributed by atoms with E-state index in [4.69, 9.17) is 16.9 Å². The average Bonchev–Trinajstić information content (AvgIpc) is 2.63. The van der Waals surface area contributed by atoms with Crippen LogP contribution < -0.4 is 10.9 Å². The number of nitrogens with one attached hydrogen (secondary N) is 2. The number of likely N-dealkylation sites (N-methyl/N-ethyl adjacent to an activating group) is 1. The standard InChI is InChI=1S/C21H25ClN4O2/c1-13-15(14(2)25-21(28)17(13)11-23)9-10-20(27)24-12-19(26(3)4)16-7-5-6-8-18(16)22/h5-8,19H,9-10,12H2,1-4H3,(H,24,27)(H,25,28). The molecule has 0 fully saturated rings. The Morgan fingerprint density at radius 3 is 2.61 bits per heavy atom. The van der Waals surface area contributed by atoms with Gasteiger partial charge in [-0.15, -0.1) is 0 Å². The highest BCUT2D eigenvalue weighted by atomic mass is 35.5. The van der Waals surface area contributed by atoms with Crippen LogP contribution >= 0.6 is 11.6 Å². The summed E-state index contributed by atoms with van der Waals surface area (Å²) in [5, 5.41) is 12.8. The Morgan fingerprint density at radius 2 is 2.00 bits per heavy atom. The Morgan fingerprint density at radius 1 is 1.32 bits per heavy atom. The van der Waals surface area contributed by atoms with Crippen molar-refractivity contribution in [1.82, 2.24) is 15.2 Å². The number of nitrogens with zero attached hydrogens (tertiary/aromatic N) is 2. The van der Waals surface area contributed by atoms with E-state index < -0.39 is 0 Å². The second kappa shape index (κ2) is 9.54. The number of H-pyrrole nitrogens is 1. The molecule has 0 aliphatic heterocycles. The van der Waals surface area contributed by atoms with E-state index in [9.17, 15) is 9.59 Å². The van der Waals surface area contributed by atoms with Crippen LogP contribution in [0.5, 0.6) is 0 Å². The zero-order chi connectivity index (χ0) is 20.8. The highest BCUT2D eigenvalue weighted by Crippen LogP contribution is 2.25. The van der Waals surface area contributed by atoms with Gasteiger partial charge in [-0.05, 0) is 57.1 Å². The fourth-order valence-electron chi connectivity index (χ4n) is 3.27. The number of amides is 1. The van der Waals surface area contributed by atoms with Gasteiger partial charge in [0.2, 0.25) is 5.91 Å². The first-order chi connectivity index (χ1) is 13.3. The van der Waals surface area contributed by atoms with Gasteiger partial charge in [-0.25, -0.2) is 0 Å². The van der Waals surface area contributed by atoms with Crippen LogP contribution in [0.15, 0.2) is 29.1 Å². The molecule has 6 nitrogen and oxygen atoms in total. The SMILES string of the molecule is Cc1[nH]c(=O)c(C#N)c(C)c1CCC(=O)NCC(c1ccccc1Cl)N(C)C. The maximum Gasteiger partial charge on any atom is 0.266 e. The maximum atomic E-state index is 12.4. The number of halogens is 1. The third-order valence-electron chi connectivity index (χ3n) is 4.90. The molecule has 0 radical (unpaired) electrons. The minimum atomic E-state index is -0.390. The van der Waals surface area contributed by atoms with Crippen molar-refractivity contribution in [2.45, 2.75) is 32.7 Å². The minimum absolute atomic E-state index is 0.0422. The number of aryl methyl sites for hydroxylation is 1. The molecule has 1 aromatic heterocycles. The van der Waals surface area contributed by atoms with Crippen LogP contribution in [0.4, 0.5) is 0 Å². The van der Waals surface area contributed by atoms with Crippen molar-refractivity contribution in [2.75, 3.05) is 20.6 Å². The highest BCUT2D eigenvalue weighted by Gasteiger charge is 2.18. The summed E-state index contributed by atoms with van der Waals surface area (Å²) < 4.78 is 0. The van der Waals surface area contributed by atoms with Crippen molar-refractivity contribution in [1.29, 1.82) is 5.26 Å². The molecule has 7 heteroatoms. The Labute approximate surface area is 170 Å². The van der Waals surface area contributed by atoms with Gasteiger partial charge in [-0.3, -0.25) is 9.59 Å². The van der Waals surface area contributed by atoms with E-state index in [1.165, 1.54) is 0 Å². The van der Waals surface area contributed by atoms with E-state index in [2.05, 4.69) is 10.3 Å². The van der Waals surface area contributed by atoms with Gasteiger partial charge in [0.05, 0.1) is 6.04 Å². The van der Waals surface area contributed by atoms with Gasteiger partial charge < -0.3 is 15.2 Å². The van der Waals surface area contributed by atoms with Crippen LogP contribution in [0.3, 0.4) is 0 Å². The summed E-state index contributed by atoms with van der Waals surface area (Å²) in [6, 6.07) is 9.48. The first kappa shape index (κ1) is 21.7. The molecule has 0 saturated heterocycles. The molecular formula is C21H25ClN4O2. The number of pyridine rings is 1. The first-order valence-corrected chi connectivity index (χ1v) is 9.44. The summed E-state index contributed by atoms with van der Waals surface area (Å²) >= 11 is 6.30. The zero-order valence-corrected chi connectivity index (χ0v) is 17.4. The number of aromatic nitrogens is 1. The number of nitriles is 1. The van der Waals surface area contributed by atoms with E-state index in [0.717, 1.165) is 11.1 Å². The molecule has 0 saturated carbocycles. The van der Waals surface area contributed by atoms with Crippen LogP contribution in [-0.4, -0.2) is 36.4 Å². The molecule has 1 atom stereocenters. The molecule has 0 aliphatic carbocycles. The zero-order valence-electron chi connectivity index (χ0n) is 16.6. The highest BCUT2D eigenvalue weighted by molar-refractivity contribution is 6.31. The van der Waals surface area contributed by atoms with Gasteiger partial charge in [0, 0.05) is 23.7 Å². The van der Waals surface area contributed by atoms with E-state index in [1.807, 2.05) is 49.3 Å². The molecule has 1 aromatic carbocycles. The van der Waals surface area contributed by atoms with Gasteiger partial charge in [-0.1, -0.05) is 29.8 Å². The Kier molecular flexibility index (Phi) is 7.38. The molecule has 1 heterocycles. The number of hydrogen-bond acceptors (Lipinski definition) is 4. The van der Waals surface area contributed by atoms with Gasteiger partial charge in [0.25, 0.3) is 5.56 Å². The number of rotatable bonds is 7. The van der Waals surface area contributed by atoms with Crippen molar-refractivity contribution in [3.63, 3.8) is 0 Å². The lowest BCUT2D eigenvalue weighted by Gasteiger charge is -2.26. The predicted molar refractivity (Wildman–Crippen MR) is 110 cm³/mol. The van der Waals surface area contributed by atoms with Gasteiger partial charge in [-0.2, -0.15) is 5.26 Å². The van der Waals surface area contributed by atoms with Crippen molar-refractivity contribution in [3.8, 4) is 6.07 Å². The summed E-state index contributed by atoms with van der Waals surface area (Å²) in [4.78, 5) is 28.9. The molecule has 0 aliphatic rings. The monoisotopic (exact) mass is 400 g/mol. The molecule has 28 heavy (non-hydrogen) atoms. The summed E-state index contributed by atoms with van der Waals surface area (Å²) in [7, 11) is 3.88. The smallest absolute Gasteiger partial charge is 0.266 e. The second-order valence-corrected chi connectivity index (χ2v) is 7.38. The lowest BCUT2D eigenvalue weighted by Crippen LogP contribution is -2.34. The van der Waals surface area contributed by atoms with Crippen LogP contribution in [0.25, 0.3) is 0 Å². The molecular weight excluding hydrogens is 376 g/mol. The number of aromatic amines is 1. The van der Waals surface area contributed by atoms with Crippen LogP contribution in [0.1, 0.15) is 40.4 Å². The summed E-state index contributed by atoms with van der Waals surface area (Å²) in [5.41, 5.74) is 2.84. The molecule has 2 N–H and O–H groups in total. The topological polar surface area (TPSA) is 89.0 Å². The third kappa shape index (κ3) is 5.00. The Hall–Kier alpha value is -2.62. The summed E-state index contributed by atoms with van der Waals surface area (Å²) in [6.45, 7) is 3.96. The van der Waals surface area contributed by atoms with Crippen LogP contribution in [0.2, 0.25) is 5.02 Å². The lowest BCUT2D eigenvalue weighted by molar-refractivity contribution is -0.121. The van der Waals surface area contributed by atoms with E-state index in [-0.39, 0.29) is 29.5 Å². The second-order valence-electron chi connectivity index (χ2n) is 6.97. The maximum absolute atomic E-state index is 12.4. The first-order valence-electron chi connectivity index (χ1n) is 9.06. The summed E-state index contributed by atoms with van der Waals surface area (Å²) in [6.07, 6.45) is 0.717. The Bertz CT molecular complexity index is 960. The van der Waals surface area contributed by atoms with Crippen molar-refractivity contribution < 1.29 is 4.79 Å². The van der Waals surface area contributed by atoms with Crippen molar-refractivity contribution >= 4 is 17.5 Å². The van der Waals surface area contributed by atoms with E-state index in [1.54, 1.807) is 13.8 Å². The van der Waals surface area contributed by atoms with Gasteiger partial charge in [0.1, 0.15) is 11.6 Å². The molecule has 148 valence electrons. The fourth-order valence-corrected chi connectivity index (χ4v) is 3.54. The number of carbonyl (C=O) groups excluding carboxylic acids is 1. The molecule has 0 bridgehead atoms. The lowest BCUT2D eigenvalue weighted by atomic mass is 9.99.